The summed E-state index contributed by atoms with van der Waals surface area (Å²) in [6, 6.07) is 4.92. The second-order valence-electron chi connectivity index (χ2n) is 5.84. The van der Waals surface area contributed by atoms with Crippen LogP contribution < -0.4 is 5.32 Å². The number of halogens is 3. The maximum absolute atomic E-state index is 12.5. The van der Waals surface area contributed by atoms with Gasteiger partial charge in [-0.15, -0.1) is 0 Å². The first-order chi connectivity index (χ1) is 9.08. The van der Waals surface area contributed by atoms with Crippen molar-refractivity contribution < 1.29 is 18.0 Å². The Bertz CT molecular complexity index is 461. The first-order valence-electron chi connectivity index (χ1n) is 6.51. The molecular weight excluding hydrogens is 267 g/mol. The van der Waals surface area contributed by atoms with Gasteiger partial charge in [0.15, 0.2) is 0 Å². The molecule has 1 aromatic carbocycles. The van der Waals surface area contributed by atoms with E-state index < -0.39 is 11.7 Å². The lowest BCUT2D eigenvalue weighted by Crippen LogP contribution is -2.37. The predicted molar refractivity (Wildman–Crippen MR) is 72.5 cm³/mol. The van der Waals surface area contributed by atoms with Gasteiger partial charge in [0.1, 0.15) is 5.78 Å². The highest BCUT2D eigenvalue weighted by molar-refractivity contribution is 5.81. The zero-order valence-corrected chi connectivity index (χ0v) is 12.0. The van der Waals surface area contributed by atoms with Crippen LogP contribution in [-0.4, -0.2) is 17.9 Å². The van der Waals surface area contributed by atoms with E-state index in [9.17, 15) is 18.0 Å². The summed E-state index contributed by atoms with van der Waals surface area (Å²) in [5.74, 6) is -0.0684. The number of carbonyl (C=O) groups is 1. The molecular formula is C15H20F3NO. The maximum Gasteiger partial charge on any atom is 0.416 e. The molecule has 0 fully saturated rings. The Kier molecular flexibility index (Phi) is 5.34. The average Bonchev–Trinajstić information content (AvgIpc) is 2.26. The Hall–Kier alpha value is -1.36. The predicted octanol–water partition coefficient (Wildman–Crippen LogP) is 3.60. The molecule has 0 aliphatic heterocycles. The Balaban J connectivity index is 2.54. The third-order valence-electron chi connectivity index (χ3n) is 2.71. The van der Waals surface area contributed by atoms with Crippen LogP contribution in [0.15, 0.2) is 24.3 Å². The molecule has 0 bridgehead atoms. The first kappa shape index (κ1) is 16.7. The summed E-state index contributed by atoms with van der Waals surface area (Å²) < 4.78 is 37.6. The van der Waals surface area contributed by atoms with E-state index in [-0.39, 0.29) is 17.7 Å². The van der Waals surface area contributed by atoms with Crippen molar-refractivity contribution in [2.75, 3.05) is 6.54 Å². The van der Waals surface area contributed by atoms with Crippen LogP contribution in [0.4, 0.5) is 13.2 Å². The van der Waals surface area contributed by atoms with Gasteiger partial charge in [-0.25, -0.2) is 0 Å². The topological polar surface area (TPSA) is 29.1 Å². The van der Waals surface area contributed by atoms with Crippen molar-refractivity contribution in [1.82, 2.24) is 5.32 Å². The zero-order chi connectivity index (χ0) is 15.4. The van der Waals surface area contributed by atoms with E-state index >= 15 is 0 Å². The van der Waals surface area contributed by atoms with Gasteiger partial charge in [0, 0.05) is 24.9 Å². The SMILES string of the molecule is CC(C)(C)NCCC(=O)Cc1cccc(C(F)(F)F)c1. The third kappa shape index (κ3) is 6.19. The van der Waals surface area contributed by atoms with Gasteiger partial charge < -0.3 is 5.32 Å². The van der Waals surface area contributed by atoms with Gasteiger partial charge in [0.2, 0.25) is 0 Å². The minimum Gasteiger partial charge on any atom is -0.312 e. The second-order valence-corrected chi connectivity index (χ2v) is 5.84. The molecule has 0 radical (unpaired) electrons. The van der Waals surface area contributed by atoms with E-state index in [1.54, 1.807) is 6.07 Å². The molecule has 0 amide bonds. The van der Waals surface area contributed by atoms with Crippen LogP contribution in [0, 0.1) is 0 Å². The fourth-order valence-electron chi connectivity index (χ4n) is 1.75. The fraction of sp³-hybridized carbons (Fsp3) is 0.533. The van der Waals surface area contributed by atoms with Crippen molar-refractivity contribution in [2.24, 2.45) is 0 Å². The lowest BCUT2D eigenvalue weighted by atomic mass is 10.0. The van der Waals surface area contributed by atoms with Crippen LogP contribution in [0.1, 0.15) is 38.3 Å². The minimum atomic E-state index is -4.37. The van der Waals surface area contributed by atoms with E-state index in [0.29, 0.717) is 18.5 Å². The molecule has 112 valence electrons. The molecule has 5 heteroatoms. The molecule has 0 aromatic heterocycles. The van der Waals surface area contributed by atoms with Crippen molar-refractivity contribution in [2.45, 2.75) is 45.3 Å². The third-order valence-corrected chi connectivity index (χ3v) is 2.71. The molecule has 0 aliphatic rings. The standard InChI is InChI=1S/C15H20F3NO/c1-14(2,3)19-8-7-13(20)10-11-5-4-6-12(9-11)15(16,17)18/h4-6,9,19H,7-8,10H2,1-3H3. The van der Waals surface area contributed by atoms with Gasteiger partial charge in [-0.3, -0.25) is 4.79 Å². The summed E-state index contributed by atoms with van der Waals surface area (Å²) in [5.41, 5.74) is -0.382. The van der Waals surface area contributed by atoms with Crippen LogP contribution in [0.3, 0.4) is 0 Å². The summed E-state index contributed by atoms with van der Waals surface area (Å²) in [6.07, 6.45) is -4.02. The summed E-state index contributed by atoms with van der Waals surface area (Å²) in [5, 5.41) is 3.17. The van der Waals surface area contributed by atoms with E-state index in [0.717, 1.165) is 12.1 Å². The normalized spacial score (nSPS) is 12.5. The number of benzene rings is 1. The molecule has 0 atom stereocenters. The van der Waals surface area contributed by atoms with Crippen LogP contribution in [-0.2, 0) is 17.4 Å². The molecule has 0 heterocycles. The number of nitrogens with one attached hydrogen (secondary N) is 1. The lowest BCUT2D eigenvalue weighted by molar-refractivity contribution is -0.137. The molecule has 1 rings (SSSR count). The Morgan fingerprint density at radius 1 is 1.20 bits per heavy atom. The zero-order valence-electron chi connectivity index (χ0n) is 12.0. The van der Waals surface area contributed by atoms with Gasteiger partial charge in [-0.05, 0) is 32.4 Å². The van der Waals surface area contributed by atoms with E-state index in [1.165, 1.54) is 6.07 Å². The van der Waals surface area contributed by atoms with Crippen molar-refractivity contribution in [3.63, 3.8) is 0 Å². The maximum atomic E-state index is 12.5. The number of Topliss-reactive ketones (excluding diaryl/α,β-unsaturated/α-hetero) is 1. The fourth-order valence-corrected chi connectivity index (χ4v) is 1.75. The number of alkyl halides is 3. The minimum absolute atomic E-state index is 0.0374. The highest BCUT2D eigenvalue weighted by Gasteiger charge is 2.30. The molecule has 0 unspecified atom stereocenters. The van der Waals surface area contributed by atoms with Crippen LogP contribution in [0.25, 0.3) is 0 Å². The molecule has 0 spiro atoms. The first-order valence-corrected chi connectivity index (χ1v) is 6.51. The number of hydrogen-bond donors (Lipinski definition) is 1. The Morgan fingerprint density at radius 2 is 1.85 bits per heavy atom. The Morgan fingerprint density at radius 3 is 2.40 bits per heavy atom. The van der Waals surface area contributed by atoms with E-state index in [4.69, 9.17) is 0 Å². The van der Waals surface area contributed by atoms with Gasteiger partial charge in [0.25, 0.3) is 0 Å². The summed E-state index contributed by atoms with van der Waals surface area (Å²) in [7, 11) is 0. The number of ketones is 1. The van der Waals surface area contributed by atoms with Crippen molar-refractivity contribution in [3.8, 4) is 0 Å². The van der Waals surface area contributed by atoms with Gasteiger partial charge >= 0.3 is 6.18 Å². The van der Waals surface area contributed by atoms with Crippen LogP contribution >= 0.6 is 0 Å². The molecule has 0 saturated carbocycles. The molecule has 20 heavy (non-hydrogen) atoms. The lowest BCUT2D eigenvalue weighted by Gasteiger charge is -2.20. The highest BCUT2D eigenvalue weighted by Crippen LogP contribution is 2.29. The monoisotopic (exact) mass is 287 g/mol. The molecule has 1 N–H and O–H groups in total. The van der Waals surface area contributed by atoms with E-state index in [1.807, 2.05) is 20.8 Å². The number of carbonyl (C=O) groups excluding carboxylic acids is 1. The largest absolute Gasteiger partial charge is 0.416 e. The second kappa shape index (κ2) is 6.39. The summed E-state index contributed by atoms with van der Waals surface area (Å²) >= 11 is 0. The molecule has 0 saturated heterocycles. The molecule has 2 nitrogen and oxygen atoms in total. The molecule has 1 aromatic rings. The van der Waals surface area contributed by atoms with Crippen molar-refractivity contribution in [3.05, 3.63) is 35.4 Å². The summed E-state index contributed by atoms with van der Waals surface area (Å²) in [6.45, 7) is 6.50. The molecule has 0 aliphatic carbocycles. The Labute approximate surface area is 117 Å². The van der Waals surface area contributed by atoms with Gasteiger partial charge in [-0.2, -0.15) is 13.2 Å². The van der Waals surface area contributed by atoms with Crippen LogP contribution in [0.5, 0.6) is 0 Å². The van der Waals surface area contributed by atoms with Gasteiger partial charge in [0.05, 0.1) is 5.56 Å². The quantitative estimate of drug-likeness (QED) is 0.896. The number of hydrogen-bond acceptors (Lipinski definition) is 2. The van der Waals surface area contributed by atoms with Gasteiger partial charge in [-0.1, -0.05) is 18.2 Å². The average molecular weight is 287 g/mol. The smallest absolute Gasteiger partial charge is 0.312 e. The van der Waals surface area contributed by atoms with E-state index in [2.05, 4.69) is 5.32 Å². The van der Waals surface area contributed by atoms with Crippen molar-refractivity contribution >= 4 is 5.78 Å². The van der Waals surface area contributed by atoms with Crippen LogP contribution in [0.2, 0.25) is 0 Å². The highest BCUT2D eigenvalue weighted by atomic mass is 19.4. The summed E-state index contributed by atoms with van der Waals surface area (Å²) in [4.78, 5) is 11.7. The number of rotatable bonds is 5. The van der Waals surface area contributed by atoms with Crippen molar-refractivity contribution in [1.29, 1.82) is 0 Å².